The van der Waals surface area contributed by atoms with Crippen LogP contribution in [-0.2, 0) is 37.1 Å². The number of benzene rings is 1. The third-order valence-electron chi connectivity index (χ3n) is 4.31. The Morgan fingerprint density at radius 1 is 1.38 bits per heavy atom. The van der Waals surface area contributed by atoms with E-state index in [0.29, 0.717) is 13.0 Å². The minimum atomic E-state index is -4.66. The summed E-state index contributed by atoms with van der Waals surface area (Å²) >= 11 is 5.55. The van der Waals surface area contributed by atoms with E-state index in [2.05, 4.69) is 0 Å². The van der Waals surface area contributed by atoms with Gasteiger partial charge in [0.2, 0.25) is 0 Å². The first-order valence-corrected chi connectivity index (χ1v) is 9.52. The van der Waals surface area contributed by atoms with Crippen LogP contribution in [0.4, 0.5) is 18.9 Å². The Bertz CT molecular complexity index is 804. The number of nitrogens with one attached hydrogen (secondary N) is 1. The molecular weight excluding hydrogens is 442 g/mol. The van der Waals surface area contributed by atoms with Crippen LogP contribution in [0.5, 0.6) is 0 Å². The zero-order valence-electron chi connectivity index (χ0n) is 14.2. The number of amidine groups is 1. The molecule has 0 radical (unpaired) electrons. The molecular formula is C16H16F3N4OSY. The van der Waals surface area contributed by atoms with Gasteiger partial charge in [0.1, 0.15) is 0 Å². The number of nitrogens with zero attached hydrogens (tertiary/aromatic N) is 3. The first-order valence-electron chi connectivity index (χ1n) is 7.69. The second-order valence-electron chi connectivity index (χ2n) is 6.28. The van der Waals surface area contributed by atoms with E-state index >= 15 is 0 Å². The summed E-state index contributed by atoms with van der Waals surface area (Å²) in [7, 11) is 0. The predicted octanol–water partition coefficient (Wildman–Crippen LogP) is 2.29. The molecule has 0 spiro atoms. The number of hydrogen-bond acceptors (Lipinski definition) is 4. The number of aliphatic hydroxyl groups excluding tert-OH is 1. The van der Waals surface area contributed by atoms with E-state index < -0.39 is 22.8 Å². The van der Waals surface area contributed by atoms with Crippen molar-refractivity contribution in [3.05, 3.63) is 23.3 Å². The van der Waals surface area contributed by atoms with Gasteiger partial charge < -0.3 is 0 Å². The normalized spacial score (nSPS) is 16.9. The van der Waals surface area contributed by atoms with E-state index in [1.807, 2.05) is 0 Å². The molecule has 0 aromatic heterocycles. The van der Waals surface area contributed by atoms with Gasteiger partial charge in [-0.05, 0) is 0 Å². The molecule has 1 heterocycles. The summed E-state index contributed by atoms with van der Waals surface area (Å²) in [5, 5.41) is 26.8. The summed E-state index contributed by atoms with van der Waals surface area (Å²) in [6, 6.07) is 4.13. The van der Waals surface area contributed by atoms with Crippen LogP contribution < -0.4 is 7.27 Å². The molecule has 1 saturated heterocycles. The topological polar surface area (TPSA) is 74.4 Å². The van der Waals surface area contributed by atoms with Gasteiger partial charge in [-0.1, -0.05) is 0 Å². The Hall–Kier alpha value is -1.08. The molecule has 0 unspecified atom stereocenters. The van der Waals surface area contributed by atoms with Crippen molar-refractivity contribution in [1.29, 1.82) is 10.7 Å². The summed E-state index contributed by atoms with van der Waals surface area (Å²) in [6.07, 6.45) is -4.23. The van der Waals surface area contributed by atoms with E-state index in [1.165, 1.54) is 11.0 Å². The van der Waals surface area contributed by atoms with Gasteiger partial charge in [-0.15, -0.1) is 0 Å². The maximum atomic E-state index is 13.5. The quantitative estimate of drug-likeness (QED) is 0.678. The molecule has 10 heteroatoms. The Labute approximate surface area is 174 Å². The Morgan fingerprint density at radius 3 is 2.50 bits per heavy atom. The summed E-state index contributed by atoms with van der Waals surface area (Å²) in [5.74, 6) is 0.0637. The number of halogens is 3. The number of rotatable bonds is 4. The summed E-state index contributed by atoms with van der Waals surface area (Å²) in [6.45, 7) is 3.86. The van der Waals surface area contributed by atoms with Crippen molar-refractivity contribution in [3.8, 4) is 6.07 Å². The van der Waals surface area contributed by atoms with Crippen molar-refractivity contribution in [2.75, 3.05) is 18.1 Å². The third kappa shape index (κ3) is 3.52. The standard InChI is InChI=1S/C16H16F3N4OS.Y/c1-15(2)13(21)23(14(25)22(15)6-3-7-24)11-5-4-10(9-20)12(8-11)16(17,18)19;/h4-5,21,24H,3,6-7H2,1-2H3;. The van der Waals surface area contributed by atoms with Gasteiger partial charge in [0.15, 0.2) is 0 Å². The van der Waals surface area contributed by atoms with Gasteiger partial charge in [-0.2, -0.15) is 0 Å². The van der Waals surface area contributed by atoms with Crippen molar-refractivity contribution in [3.63, 3.8) is 0 Å². The molecule has 26 heavy (non-hydrogen) atoms. The van der Waals surface area contributed by atoms with Gasteiger partial charge in [-0.3, -0.25) is 0 Å². The van der Waals surface area contributed by atoms with Gasteiger partial charge in [0.05, 0.1) is 0 Å². The molecule has 1 fully saturated rings. The molecule has 1 aromatic carbocycles. The first kappa shape index (κ1) is 21.2. The molecule has 0 atom stereocenters. The summed E-state index contributed by atoms with van der Waals surface area (Å²) in [4.78, 5) is 3.07. The number of alkyl halides is 3. The Balaban J connectivity index is 2.60. The van der Waals surface area contributed by atoms with Crippen LogP contribution in [0.25, 0.3) is 0 Å². The van der Waals surface area contributed by atoms with Gasteiger partial charge in [-0.25, -0.2) is 0 Å². The van der Waals surface area contributed by atoms with Crippen molar-refractivity contribution in [2.45, 2.75) is 32.0 Å². The van der Waals surface area contributed by atoms with Crippen LogP contribution in [0.1, 0.15) is 31.4 Å². The van der Waals surface area contributed by atoms with E-state index in [-0.39, 0.29) is 56.6 Å². The number of aliphatic hydroxyl groups is 1. The van der Waals surface area contributed by atoms with Crippen LogP contribution in [0.2, 0.25) is 0 Å². The Morgan fingerprint density at radius 2 is 2.00 bits per heavy atom. The van der Waals surface area contributed by atoms with Crippen LogP contribution in [0.15, 0.2) is 12.1 Å². The van der Waals surface area contributed by atoms with E-state index in [0.717, 1.165) is 6.07 Å². The zero-order valence-corrected chi connectivity index (χ0v) is 17.8. The molecule has 0 saturated carbocycles. The molecule has 1 aliphatic heterocycles. The molecule has 0 bridgehead atoms. The van der Waals surface area contributed by atoms with Crippen LogP contribution in [-0.4, -0.2) is 39.6 Å². The van der Waals surface area contributed by atoms with Gasteiger partial charge in [0, 0.05) is 0 Å². The number of anilines is 1. The molecule has 2 N–H and O–H groups in total. The van der Waals surface area contributed by atoms with Gasteiger partial charge >= 0.3 is 175 Å². The monoisotopic (exact) mass is 458 g/mol. The number of thiocarbonyl (C=S) groups is 1. The average Bonchev–Trinajstić information content (AvgIpc) is 2.70. The molecule has 0 amide bonds. The average molecular weight is 458 g/mol. The third-order valence-corrected chi connectivity index (χ3v) is 6.15. The van der Waals surface area contributed by atoms with Gasteiger partial charge in [0.25, 0.3) is 0 Å². The first-order chi connectivity index (χ1) is 12.0. The molecule has 2 rings (SSSR count). The molecule has 1 aromatic rings. The van der Waals surface area contributed by atoms with Crippen LogP contribution >= 0.6 is 12.2 Å². The number of hydrogen-bond donors (Lipinski definition) is 2. The zero-order chi connectivity index (χ0) is 19.9. The van der Waals surface area contributed by atoms with E-state index in [1.54, 1.807) is 24.8 Å². The second-order valence-corrected chi connectivity index (χ2v) is 8.07. The summed E-state index contributed by atoms with van der Waals surface area (Å²) in [5.41, 5.74) is -2.02. The van der Waals surface area contributed by atoms with Crippen molar-refractivity contribution >= 4 is 31.2 Å². The van der Waals surface area contributed by atoms with Crippen molar-refractivity contribution < 1.29 is 49.2 Å². The molecule has 5 nitrogen and oxygen atoms in total. The fourth-order valence-corrected chi connectivity index (χ4v) is 4.73. The molecule has 0 aliphatic carbocycles. The van der Waals surface area contributed by atoms with Crippen LogP contribution in [0.3, 0.4) is 0 Å². The van der Waals surface area contributed by atoms with E-state index in [4.69, 9.17) is 28.0 Å². The summed E-state index contributed by atoms with van der Waals surface area (Å²) < 4.78 is 40.4. The number of nitriles is 1. The molecule has 1 aliphatic rings. The fourth-order valence-electron chi connectivity index (χ4n) is 2.89. The maximum absolute atomic E-state index is 13.5. The fraction of sp³-hybridized carbons (Fsp3) is 0.438. The van der Waals surface area contributed by atoms with Crippen molar-refractivity contribution in [2.24, 2.45) is 0 Å². The van der Waals surface area contributed by atoms with Crippen molar-refractivity contribution in [1.82, 2.24) is 4.90 Å². The molecule has 136 valence electrons. The van der Waals surface area contributed by atoms with Crippen LogP contribution in [0, 0.1) is 16.7 Å². The predicted molar refractivity (Wildman–Crippen MR) is 91.1 cm³/mol. The minimum absolute atomic E-state index is 0.0196. The SMILES string of the molecule is CC1(C)C(=N)N(c2ccc(C#N)c(C(F)(F)F)[c]2[Y])C(=S)N1CCCO. The second kappa shape index (κ2) is 7.51. The Kier molecular flexibility index (Phi) is 6.13. The van der Waals surface area contributed by atoms with E-state index in [9.17, 15) is 13.2 Å².